The molecule has 0 aromatic heterocycles. The summed E-state index contributed by atoms with van der Waals surface area (Å²) in [5.74, 6) is 0.402. The maximum atomic E-state index is 13.6. The van der Waals surface area contributed by atoms with Crippen LogP contribution in [0.15, 0.2) is 47.4 Å². The van der Waals surface area contributed by atoms with E-state index in [4.69, 9.17) is 9.47 Å². The molecule has 0 N–H and O–H groups in total. The first-order valence-corrected chi connectivity index (χ1v) is 11.7. The van der Waals surface area contributed by atoms with Crippen molar-refractivity contribution in [3.05, 3.63) is 48.3 Å². The van der Waals surface area contributed by atoms with Gasteiger partial charge in [0, 0.05) is 19.2 Å². The number of nitrogens with zero attached hydrogens (tertiary/aromatic N) is 2. The highest BCUT2D eigenvalue weighted by Crippen LogP contribution is 2.34. The first-order valence-electron chi connectivity index (χ1n) is 10.3. The Morgan fingerprint density at radius 3 is 2.55 bits per heavy atom. The van der Waals surface area contributed by atoms with E-state index >= 15 is 0 Å². The lowest BCUT2D eigenvalue weighted by atomic mass is 10.0. The topological polar surface area (TPSA) is 76.2 Å². The van der Waals surface area contributed by atoms with E-state index in [0.717, 1.165) is 17.1 Å². The van der Waals surface area contributed by atoms with E-state index in [0.29, 0.717) is 43.7 Å². The molecule has 1 fully saturated rings. The molecule has 2 aliphatic heterocycles. The van der Waals surface area contributed by atoms with Crippen LogP contribution in [0.25, 0.3) is 0 Å². The van der Waals surface area contributed by atoms with E-state index < -0.39 is 15.8 Å². The minimum Gasteiger partial charge on any atom is -0.486 e. The Bertz CT molecular complexity index is 1060. The fourth-order valence-electron chi connectivity index (χ4n) is 3.87. The molecule has 2 aliphatic rings. The lowest BCUT2D eigenvalue weighted by Gasteiger charge is -2.33. The molecule has 31 heavy (non-hydrogen) atoms. The van der Waals surface area contributed by atoms with Crippen molar-refractivity contribution in [3.8, 4) is 11.5 Å². The number of hydrogen-bond donors (Lipinski definition) is 0. The molecule has 0 radical (unpaired) electrons. The third-order valence-corrected chi connectivity index (χ3v) is 7.27. The van der Waals surface area contributed by atoms with Crippen molar-refractivity contribution in [1.29, 1.82) is 0 Å². The van der Waals surface area contributed by atoms with E-state index in [1.165, 1.54) is 36.4 Å². The van der Waals surface area contributed by atoms with Gasteiger partial charge in [-0.25, -0.2) is 12.8 Å². The van der Waals surface area contributed by atoms with Crippen molar-refractivity contribution in [1.82, 2.24) is 4.90 Å². The molecule has 1 saturated heterocycles. The van der Waals surface area contributed by atoms with Crippen LogP contribution >= 0.6 is 0 Å². The van der Waals surface area contributed by atoms with Gasteiger partial charge < -0.3 is 14.4 Å². The summed E-state index contributed by atoms with van der Waals surface area (Å²) in [6, 6.07) is 9.43. The second-order valence-electron chi connectivity index (χ2n) is 7.88. The molecule has 0 spiro atoms. The van der Waals surface area contributed by atoms with Crippen LogP contribution in [0.4, 0.5) is 10.1 Å². The molecule has 9 heteroatoms. The van der Waals surface area contributed by atoms with E-state index in [9.17, 15) is 17.6 Å². The highest BCUT2D eigenvalue weighted by molar-refractivity contribution is 7.92. The first-order chi connectivity index (χ1) is 14.8. The summed E-state index contributed by atoms with van der Waals surface area (Å²) >= 11 is 0. The van der Waals surface area contributed by atoms with Crippen molar-refractivity contribution in [3.63, 3.8) is 0 Å². The number of sulfonamides is 1. The number of halogens is 1. The molecular weight excluding hydrogens is 423 g/mol. The number of anilines is 1. The summed E-state index contributed by atoms with van der Waals surface area (Å²) in [5, 5.41) is 0. The summed E-state index contributed by atoms with van der Waals surface area (Å²) in [6.07, 6.45) is 1.93. The molecule has 0 saturated carbocycles. The molecule has 2 heterocycles. The zero-order valence-corrected chi connectivity index (χ0v) is 18.1. The smallest absolute Gasteiger partial charge is 0.264 e. The highest BCUT2D eigenvalue weighted by Gasteiger charge is 2.31. The standard InChI is InChI=1S/C22H25FN2O5S/c1-16-3-2-10-24(14-16)22(26)15-25(18-6-4-17(23)5-7-18)31(27,28)19-8-9-20-21(13-19)30-12-11-29-20/h4-9,13,16H,2-3,10-12,14-15H2,1H3. The Balaban J connectivity index is 1.68. The monoisotopic (exact) mass is 448 g/mol. The van der Waals surface area contributed by atoms with E-state index in [2.05, 4.69) is 6.92 Å². The second kappa shape index (κ2) is 8.74. The van der Waals surface area contributed by atoms with Gasteiger partial charge in [-0.2, -0.15) is 0 Å². The molecule has 7 nitrogen and oxygen atoms in total. The third kappa shape index (κ3) is 4.61. The first kappa shape index (κ1) is 21.4. The Kier molecular flexibility index (Phi) is 6.04. The van der Waals surface area contributed by atoms with Gasteiger partial charge in [0.15, 0.2) is 11.5 Å². The summed E-state index contributed by atoms with van der Waals surface area (Å²) in [5.41, 5.74) is 0.217. The Labute approximate surface area is 181 Å². The SMILES string of the molecule is CC1CCCN(C(=O)CN(c2ccc(F)cc2)S(=O)(=O)c2ccc3c(c2)OCCO3)C1. The van der Waals surface area contributed by atoms with E-state index in [-0.39, 0.29) is 23.0 Å². The van der Waals surface area contributed by atoms with Crippen LogP contribution in [0, 0.1) is 11.7 Å². The number of ether oxygens (including phenoxy) is 2. The minimum absolute atomic E-state index is 0.0270. The number of piperidine rings is 1. The average Bonchev–Trinajstić information content (AvgIpc) is 2.77. The van der Waals surface area contributed by atoms with Gasteiger partial charge in [-0.3, -0.25) is 9.10 Å². The Morgan fingerprint density at radius 1 is 1.13 bits per heavy atom. The maximum Gasteiger partial charge on any atom is 0.264 e. The number of hydrogen-bond acceptors (Lipinski definition) is 5. The molecule has 0 aliphatic carbocycles. The van der Waals surface area contributed by atoms with Gasteiger partial charge in [0.1, 0.15) is 25.6 Å². The quantitative estimate of drug-likeness (QED) is 0.703. The number of fused-ring (bicyclic) bond motifs is 1. The van der Waals surface area contributed by atoms with Gasteiger partial charge in [0.2, 0.25) is 5.91 Å². The van der Waals surface area contributed by atoms with Gasteiger partial charge >= 0.3 is 0 Å². The van der Waals surface area contributed by atoms with Crippen molar-refractivity contribution in [2.24, 2.45) is 5.92 Å². The van der Waals surface area contributed by atoms with Crippen LogP contribution in [-0.4, -0.2) is 52.1 Å². The average molecular weight is 449 g/mol. The van der Waals surface area contributed by atoms with Gasteiger partial charge in [0.05, 0.1) is 10.6 Å². The molecule has 4 rings (SSSR count). The number of amides is 1. The number of likely N-dealkylation sites (tertiary alicyclic amines) is 1. The number of benzene rings is 2. The summed E-state index contributed by atoms with van der Waals surface area (Å²) < 4.78 is 52.6. The van der Waals surface area contributed by atoms with Crippen LogP contribution in [0.3, 0.4) is 0 Å². The lowest BCUT2D eigenvalue weighted by Crippen LogP contribution is -2.46. The maximum absolute atomic E-state index is 13.6. The third-order valence-electron chi connectivity index (χ3n) is 5.50. The Morgan fingerprint density at radius 2 is 1.84 bits per heavy atom. The highest BCUT2D eigenvalue weighted by atomic mass is 32.2. The van der Waals surface area contributed by atoms with E-state index in [1.807, 2.05) is 0 Å². The molecule has 166 valence electrons. The normalized spacial score (nSPS) is 18.5. The predicted octanol–water partition coefficient (Wildman–Crippen LogP) is 3.05. The molecule has 2 aromatic carbocycles. The Hall–Kier alpha value is -2.81. The van der Waals surface area contributed by atoms with Crippen molar-refractivity contribution in [2.75, 3.05) is 37.2 Å². The molecular formula is C22H25FN2O5S. The number of carbonyl (C=O) groups is 1. The van der Waals surface area contributed by atoms with Crippen molar-refractivity contribution in [2.45, 2.75) is 24.7 Å². The number of rotatable bonds is 5. The molecule has 0 bridgehead atoms. The van der Waals surface area contributed by atoms with Gasteiger partial charge in [-0.1, -0.05) is 6.92 Å². The van der Waals surface area contributed by atoms with Crippen LogP contribution in [0.5, 0.6) is 11.5 Å². The number of carbonyl (C=O) groups excluding carboxylic acids is 1. The van der Waals surface area contributed by atoms with Gasteiger partial charge in [0.25, 0.3) is 10.0 Å². The zero-order chi connectivity index (χ0) is 22.0. The summed E-state index contributed by atoms with van der Waals surface area (Å²) in [6.45, 7) is 3.62. The van der Waals surface area contributed by atoms with Crippen LogP contribution in [0.2, 0.25) is 0 Å². The minimum atomic E-state index is -4.12. The van der Waals surface area contributed by atoms with Crippen LogP contribution in [0.1, 0.15) is 19.8 Å². The molecule has 1 amide bonds. The van der Waals surface area contributed by atoms with Gasteiger partial charge in [-0.15, -0.1) is 0 Å². The molecule has 2 aromatic rings. The van der Waals surface area contributed by atoms with Crippen LogP contribution in [-0.2, 0) is 14.8 Å². The predicted molar refractivity (Wildman–Crippen MR) is 113 cm³/mol. The fourth-order valence-corrected chi connectivity index (χ4v) is 5.30. The van der Waals surface area contributed by atoms with Crippen molar-refractivity contribution >= 4 is 21.6 Å². The van der Waals surface area contributed by atoms with E-state index in [1.54, 1.807) is 11.0 Å². The van der Waals surface area contributed by atoms with Crippen LogP contribution < -0.4 is 13.8 Å². The summed E-state index contributed by atoms with van der Waals surface area (Å²) in [7, 11) is -4.12. The molecule has 1 atom stereocenters. The largest absolute Gasteiger partial charge is 0.486 e. The fraction of sp³-hybridized carbons (Fsp3) is 0.409. The zero-order valence-electron chi connectivity index (χ0n) is 17.3. The van der Waals surface area contributed by atoms with Gasteiger partial charge in [-0.05, 0) is 55.2 Å². The lowest BCUT2D eigenvalue weighted by molar-refractivity contribution is -0.131. The summed E-state index contributed by atoms with van der Waals surface area (Å²) in [4.78, 5) is 14.7. The second-order valence-corrected chi connectivity index (χ2v) is 9.74. The molecule has 1 unspecified atom stereocenters. The van der Waals surface area contributed by atoms with Crippen molar-refractivity contribution < 1.29 is 27.1 Å².